The van der Waals surface area contributed by atoms with Crippen LogP contribution in [0.25, 0.3) is 0 Å². The highest BCUT2D eigenvalue weighted by atomic mass is 32.2. The second-order valence-electron chi connectivity index (χ2n) is 32.3. The van der Waals surface area contributed by atoms with Gasteiger partial charge in [-0.2, -0.15) is 0 Å². The molecule has 0 aromatic heterocycles. The van der Waals surface area contributed by atoms with Gasteiger partial charge in [0.15, 0.2) is 9.84 Å². The third-order valence-electron chi connectivity index (χ3n) is 23.6. The Kier molecular flexibility index (Phi) is 21.2. The molecule has 0 saturated heterocycles. The number of carbonyl (C=O) groups is 8. The zero-order valence-corrected chi connectivity index (χ0v) is 68.2. The van der Waals surface area contributed by atoms with Crippen LogP contribution in [0.1, 0.15) is 203 Å². The Balaban J connectivity index is 0.000000173. The quantitative estimate of drug-likeness (QED) is 0.0608. The molecule has 0 spiro atoms. The molecular formula is C100H84N4O16S. The van der Waals surface area contributed by atoms with Crippen molar-refractivity contribution in [2.24, 2.45) is 0 Å². The van der Waals surface area contributed by atoms with Crippen LogP contribution in [0.5, 0.6) is 69.0 Å². The predicted molar refractivity (Wildman–Crippen MR) is 457 cm³/mol. The Bertz CT molecular complexity index is 6240. The number of sulfone groups is 1. The molecular weight excluding hydrogens is 1550 g/mol. The fourth-order valence-electron chi connectivity index (χ4n) is 16.6. The molecule has 0 unspecified atom stereocenters. The molecule has 4 heterocycles. The van der Waals surface area contributed by atoms with E-state index < -0.39 is 33.5 Å². The number of anilines is 2. The van der Waals surface area contributed by atoms with E-state index in [9.17, 15) is 46.8 Å². The summed E-state index contributed by atoms with van der Waals surface area (Å²) in [4.78, 5) is 112. The summed E-state index contributed by atoms with van der Waals surface area (Å²) in [5, 5.41) is 0. The molecule has 18 rings (SSSR count). The fourth-order valence-corrected chi connectivity index (χ4v) is 17.2. The summed E-state index contributed by atoms with van der Waals surface area (Å²) < 4.78 is 59.9. The maximum Gasteiger partial charge on any atom is 0.266 e. The lowest BCUT2D eigenvalue weighted by Gasteiger charge is -2.29. The van der Waals surface area contributed by atoms with Crippen LogP contribution in [0.15, 0.2) is 272 Å². The first-order chi connectivity index (χ1) is 58.3. The van der Waals surface area contributed by atoms with Crippen LogP contribution < -0.4 is 38.2 Å². The van der Waals surface area contributed by atoms with Crippen molar-refractivity contribution in [1.82, 2.24) is 9.80 Å². The molecule has 0 radical (unpaired) electrons. The van der Waals surface area contributed by atoms with Crippen LogP contribution in [0.2, 0.25) is 0 Å². The van der Waals surface area contributed by atoms with E-state index in [-0.39, 0.29) is 68.1 Å². The molecule has 2 aliphatic carbocycles. The summed E-state index contributed by atoms with van der Waals surface area (Å²) in [6.07, 6.45) is 11.0. The third kappa shape index (κ3) is 15.9. The van der Waals surface area contributed by atoms with Gasteiger partial charge in [-0.25, -0.2) is 18.2 Å². The number of hydrogen-bond donors (Lipinski definition) is 0. The highest BCUT2D eigenvalue weighted by molar-refractivity contribution is 7.90. The lowest BCUT2D eigenvalue weighted by atomic mass is 9.78. The van der Waals surface area contributed by atoms with E-state index in [4.69, 9.17) is 28.4 Å². The van der Waals surface area contributed by atoms with Crippen molar-refractivity contribution in [3.05, 3.63) is 339 Å². The third-order valence-corrected chi connectivity index (χ3v) is 24.7. The Morgan fingerprint density at radius 1 is 0.264 bits per heavy atom. The van der Waals surface area contributed by atoms with Gasteiger partial charge in [0.2, 0.25) is 0 Å². The largest absolute Gasteiger partial charge is 0.457 e. The van der Waals surface area contributed by atoms with Crippen molar-refractivity contribution in [2.45, 2.75) is 127 Å². The zero-order valence-electron chi connectivity index (χ0n) is 67.4. The number of imide groups is 4. The lowest BCUT2D eigenvalue weighted by molar-refractivity contribution is 0.0533. The molecule has 6 aliphatic rings. The van der Waals surface area contributed by atoms with Crippen molar-refractivity contribution in [1.29, 1.82) is 0 Å². The summed E-state index contributed by atoms with van der Waals surface area (Å²) in [6.45, 7) is 10.5. The van der Waals surface area contributed by atoms with E-state index in [2.05, 4.69) is 27.7 Å². The van der Waals surface area contributed by atoms with Crippen LogP contribution in [0.4, 0.5) is 11.4 Å². The van der Waals surface area contributed by atoms with Gasteiger partial charge in [0, 0.05) is 29.2 Å². The van der Waals surface area contributed by atoms with Crippen molar-refractivity contribution in [3.63, 3.8) is 0 Å². The van der Waals surface area contributed by atoms with E-state index in [1.54, 1.807) is 133 Å². The summed E-state index contributed by atoms with van der Waals surface area (Å²) in [5.41, 5.74) is 8.15. The molecule has 121 heavy (non-hydrogen) atoms. The van der Waals surface area contributed by atoms with E-state index in [0.717, 1.165) is 103 Å². The SMILES string of the molecule is CC(C)(c1ccc(Oc2ccc3c(c2)C(=O)N(c2ccc(Oc4ccc(S(C)(=O)=O)cc4)cc2)C3=O)cc1)c1ccc(Oc2ccc3c(c2)C(=O)N(C2CCCCC2)C3=O)cc1.Cc1ccc(Oc2ccc(N3C(=O)c4ccc(Oc5ccc(C(C)(C)c6ccc(Oc7ccc8c(c7)C(=O)N(C7CCCCC7)C8=O)cc6)cc5)cc4C3=O)cc2)cc1. The molecule has 2 fully saturated rings. The first kappa shape index (κ1) is 79.4. The van der Waals surface area contributed by atoms with E-state index in [1.807, 2.05) is 128 Å². The number of amides is 8. The van der Waals surface area contributed by atoms with Gasteiger partial charge in [-0.15, -0.1) is 0 Å². The molecule has 2 saturated carbocycles. The second-order valence-corrected chi connectivity index (χ2v) is 34.3. The van der Waals surface area contributed by atoms with Gasteiger partial charge in [-0.05, 0) is 261 Å². The first-order valence-electron chi connectivity index (χ1n) is 40.4. The first-order valence-corrected chi connectivity index (χ1v) is 42.3. The average Bonchev–Trinajstić information content (AvgIpc) is 1.60. The van der Waals surface area contributed by atoms with Gasteiger partial charge in [0.05, 0.1) is 60.8 Å². The van der Waals surface area contributed by atoms with Crippen LogP contribution in [0, 0.1) is 6.92 Å². The Labute approximate surface area is 700 Å². The molecule has 21 heteroatoms. The average molecular weight is 1630 g/mol. The molecule has 0 atom stereocenters. The maximum atomic E-state index is 13.6. The molecule has 0 bridgehead atoms. The summed E-state index contributed by atoms with van der Waals surface area (Å²) in [6, 6.07) is 78.1. The topological polar surface area (TPSA) is 239 Å². The molecule has 12 aromatic carbocycles. The smallest absolute Gasteiger partial charge is 0.266 e. The van der Waals surface area contributed by atoms with E-state index in [1.165, 1.54) is 26.8 Å². The Morgan fingerprint density at radius 2 is 0.479 bits per heavy atom. The standard InChI is InChI=1S/C50H42N2O9S.C50H42N2O7/c1-50(2,31-9-15-35(16-10-31)60-39-23-27-42-44(29-39)48(55)51(46(42)53)33-7-5-4-6-8-33)32-11-17-36(18-12-32)61-40-24-28-43-45(30-40)49(56)52(47(43)54)34-13-19-37(20-14-34)59-38-21-25-41(26-22-38)62(3,57)58;1-31-9-17-36(18-10-31)57-39-23-15-35(16-24-39)52-47(54)43-28-26-41(30-45(43)49(52)56)59-38-21-13-33(14-22-38)50(2,3)32-11-19-37(20-12-32)58-40-25-27-42-44(29-40)48(55)51(46(42)53)34-7-5-4-6-8-34/h9-30,33H,4-8H2,1-3H3;9-30,34H,4-8H2,1-3H3. The van der Waals surface area contributed by atoms with Crippen molar-refractivity contribution in [3.8, 4) is 69.0 Å². The van der Waals surface area contributed by atoms with Crippen LogP contribution in [-0.2, 0) is 20.7 Å². The van der Waals surface area contributed by atoms with Gasteiger partial charge in [-0.1, -0.05) is 132 Å². The van der Waals surface area contributed by atoms with Crippen molar-refractivity contribution < 1.29 is 75.2 Å². The van der Waals surface area contributed by atoms with Crippen LogP contribution >= 0.6 is 0 Å². The van der Waals surface area contributed by atoms with Crippen molar-refractivity contribution in [2.75, 3.05) is 16.1 Å². The number of rotatable bonds is 21. The second kappa shape index (κ2) is 32.3. The van der Waals surface area contributed by atoms with Gasteiger partial charge < -0.3 is 28.4 Å². The molecule has 12 aromatic rings. The molecule has 4 aliphatic heterocycles. The van der Waals surface area contributed by atoms with E-state index in [0.29, 0.717) is 108 Å². The zero-order chi connectivity index (χ0) is 84.2. The lowest BCUT2D eigenvalue weighted by Crippen LogP contribution is -2.40. The van der Waals surface area contributed by atoms with Crippen LogP contribution in [-0.4, -0.2) is 83.8 Å². The minimum absolute atomic E-state index is 0.0283. The summed E-state index contributed by atoms with van der Waals surface area (Å²) >= 11 is 0. The normalized spacial score (nSPS) is 15.4. The number of aryl methyl sites for hydroxylation is 1. The molecule has 0 N–H and O–H groups in total. The monoisotopic (exact) mass is 1630 g/mol. The molecule has 606 valence electrons. The summed E-state index contributed by atoms with van der Waals surface area (Å²) in [7, 11) is -3.34. The van der Waals surface area contributed by atoms with E-state index >= 15 is 0 Å². The number of fused-ring (bicyclic) bond motifs is 4. The Morgan fingerprint density at radius 3 is 0.760 bits per heavy atom. The number of nitrogens with zero attached hydrogens (tertiary/aromatic N) is 4. The summed E-state index contributed by atoms with van der Waals surface area (Å²) in [5.74, 6) is 3.73. The highest BCUT2D eigenvalue weighted by Gasteiger charge is 2.44. The minimum atomic E-state index is -3.34. The van der Waals surface area contributed by atoms with Crippen molar-refractivity contribution >= 4 is 68.5 Å². The minimum Gasteiger partial charge on any atom is -0.457 e. The number of benzene rings is 12. The number of hydrogen-bond acceptors (Lipinski definition) is 16. The number of ether oxygens (including phenoxy) is 6. The van der Waals surface area contributed by atoms with Gasteiger partial charge in [0.1, 0.15) is 69.0 Å². The Hall–Kier alpha value is -14.1. The molecule has 20 nitrogen and oxygen atoms in total. The highest BCUT2D eigenvalue weighted by Crippen LogP contribution is 2.43. The van der Waals surface area contributed by atoms with Gasteiger partial charge in [0.25, 0.3) is 47.3 Å². The van der Waals surface area contributed by atoms with Crippen LogP contribution in [0.3, 0.4) is 0 Å². The predicted octanol–water partition coefficient (Wildman–Crippen LogP) is 21.9. The maximum absolute atomic E-state index is 13.6. The molecule has 8 amide bonds. The number of carbonyl (C=O) groups excluding carboxylic acids is 8. The van der Waals surface area contributed by atoms with Gasteiger partial charge in [-0.3, -0.25) is 48.2 Å². The fraction of sp³-hybridized carbons (Fsp3) is 0.200. The van der Waals surface area contributed by atoms with Gasteiger partial charge >= 0.3 is 0 Å².